The fourth-order valence-electron chi connectivity index (χ4n) is 3.18. The number of rotatable bonds is 7. The van der Waals surface area contributed by atoms with Gasteiger partial charge in [0, 0.05) is 22.2 Å². The molecule has 0 spiro atoms. The van der Waals surface area contributed by atoms with Crippen LogP contribution in [0.25, 0.3) is 6.08 Å². The first-order valence-corrected chi connectivity index (χ1v) is 11.2. The highest BCUT2D eigenvalue weighted by molar-refractivity contribution is 9.10. The molecule has 0 atom stereocenters. The van der Waals surface area contributed by atoms with E-state index in [2.05, 4.69) is 20.9 Å². The minimum absolute atomic E-state index is 0.0240. The van der Waals surface area contributed by atoms with Crippen LogP contribution in [0.4, 0.5) is 5.69 Å². The van der Waals surface area contributed by atoms with Crippen LogP contribution in [-0.2, 0) is 9.53 Å². The van der Waals surface area contributed by atoms with E-state index in [-0.39, 0.29) is 41.0 Å². The number of non-ortho nitro benzene ring substituents is 1. The number of halogens is 1. The summed E-state index contributed by atoms with van der Waals surface area (Å²) in [5.74, 6) is -0.807. The molecule has 0 saturated carbocycles. The van der Waals surface area contributed by atoms with Gasteiger partial charge in [0.05, 0.1) is 17.1 Å². The lowest BCUT2D eigenvalue weighted by atomic mass is 10.1. The van der Waals surface area contributed by atoms with Crippen molar-refractivity contribution in [3.05, 3.63) is 104 Å². The van der Waals surface area contributed by atoms with Crippen molar-refractivity contribution in [3.63, 3.8) is 0 Å². The lowest BCUT2D eigenvalue weighted by molar-refractivity contribution is -0.384. The molecule has 0 aliphatic carbocycles. The van der Waals surface area contributed by atoms with E-state index >= 15 is 0 Å². The van der Waals surface area contributed by atoms with Crippen LogP contribution in [0.3, 0.4) is 0 Å². The Kier molecular flexibility index (Phi) is 7.02. The van der Waals surface area contributed by atoms with Gasteiger partial charge in [0.15, 0.2) is 17.2 Å². The van der Waals surface area contributed by atoms with E-state index in [4.69, 9.17) is 14.2 Å². The average molecular weight is 537 g/mol. The van der Waals surface area contributed by atoms with Crippen LogP contribution in [0.5, 0.6) is 11.5 Å². The molecule has 10 heteroatoms. The lowest BCUT2D eigenvalue weighted by Gasteiger charge is -2.11. The van der Waals surface area contributed by atoms with Crippen molar-refractivity contribution in [2.24, 2.45) is 4.99 Å². The first-order chi connectivity index (χ1) is 16.8. The first kappa shape index (κ1) is 23.8. The SMILES string of the molecule is CCOc1cc(/C=C2\N=C(c3cccc(Br)c3)OC2=O)ccc1OC(=O)c1cccc([N+](=O)[O-])c1. The molecule has 0 unspecified atom stereocenters. The molecule has 9 nitrogen and oxygen atoms in total. The molecule has 0 amide bonds. The maximum absolute atomic E-state index is 12.6. The number of nitro groups is 1. The topological polar surface area (TPSA) is 117 Å². The summed E-state index contributed by atoms with van der Waals surface area (Å²) < 4.78 is 17.1. The molecular weight excluding hydrogens is 520 g/mol. The Bertz CT molecular complexity index is 1400. The van der Waals surface area contributed by atoms with Crippen molar-refractivity contribution in [1.29, 1.82) is 0 Å². The number of hydrogen-bond donors (Lipinski definition) is 0. The van der Waals surface area contributed by atoms with Gasteiger partial charge < -0.3 is 14.2 Å². The van der Waals surface area contributed by atoms with Crippen LogP contribution in [0.2, 0.25) is 0 Å². The van der Waals surface area contributed by atoms with Crippen LogP contribution >= 0.6 is 15.9 Å². The van der Waals surface area contributed by atoms with E-state index in [1.807, 2.05) is 6.07 Å². The highest BCUT2D eigenvalue weighted by Gasteiger charge is 2.24. The number of carbonyl (C=O) groups is 2. The highest BCUT2D eigenvalue weighted by Crippen LogP contribution is 2.31. The van der Waals surface area contributed by atoms with Gasteiger partial charge in [-0.2, -0.15) is 0 Å². The number of esters is 2. The predicted molar refractivity (Wildman–Crippen MR) is 130 cm³/mol. The lowest BCUT2D eigenvalue weighted by Crippen LogP contribution is -2.10. The van der Waals surface area contributed by atoms with Crippen LogP contribution in [-0.4, -0.2) is 29.4 Å². The third kappa shape index (κ3) is 5.61. The van der Waals surface area contributed by atoms with Crippen LogP contribution < -0.4 is 9.47 Å². The molecule has 4 rings (SSSR count). The van der Waals surface area contributed by atoms with Gasteiger partial charge in [-0.15, -0.1) is 0 Å². The van der Waals surface area contributed by atoms with E-state index in [0.717, 1.165) is 10.5 Å². The van der Waals surface area contributed by atoms with Gasteiger partial charge in [-0.3, -0.25) is 10.1 Å². The molecule has 1 heterocycles. The summed E-state index contributed by atoms with van der Waals surface area (Å²) in [6.07, 6.45) is 1.53. The summed E-state index contributed by atoms with van der Waals surface area (Å²) >= 11 is 3.37. The second kappa shape index (κ2) is 10.3. The Hall–Kier alpha value is -4.31. The van der Waals surface area contributed by atoms with E-state index in [9.17, 15) is 19.7 Å². The van der Waals surface area contributed by atoms with E-state index < -0.39 is 16.9 Å². The van der Waals surface area contributed by atoms with Crippen molar-refractivity contribution < 1.29 is 28.7 Å². The molecule has 1 aliphatic heterocycles. The van der Waals surface area contributed by atoms with E-state index in [0.29, 0.717) is 11.1 Å². The molecule has 1 aliphatic rings. The number of aliphatic imine (C=N–C) groups is 1. The second-order valence-electron chi connectivity index (χ2n) is 7.18. The summed E-state index contributed by atoms with van der Waals surface area (Å²) in [7, 11) is 0. The first-order valence-electron chi connectivity index (χ1n) is 10.4. The molecule has 0 N–H and O–H groups in total. The fraction of sp³-hybridized carbons (Fsp3) is 0.0800. The third-order valence-corrected chi connectivity index (χ3v) is 5.25. The minimum Gasteiger partial charge on any atom is -0.490 e. The Labute approximate surface area is 207 Å². The molecule has 3 aromatic rings. The third-order valence-electron chi connectivity index (χ3n) is 4.76. The molecule has 0 saturated heterocycles. The van der Waals surface area contributed by atoms with Gasteiger partial charge in [-0.25, -0.2) is 14.6 Å². The molecule has 0 aromatic heterocycles. The number of cyclic esters (lactones) is 1. The molecule has 3 aromatic carbocycles. The molecule has 0 bridgehead atoms. The standard InChI is InChI=1S/C25H17BrN2O7/c1-2-33-22-12-15(11-20-25(30)35-23(27-20)16-5-3-7-18(26)13-16)9-10-21(22)34-24(29)17-6-4-8-19(14-17)28(31)32/h3-14H,2H2,1H3/b20-11-. The Morgan fingerprint density at radius 2 is 1.91 bits per heavy atom. The number of nitrogens with zero attached hydrogens (tertiary/aromatic N) is 2. The van der Waals surface area contributed by atoms with Gasteiger partial charge in [0.1, 0.15) is 0 Å². The summed E-state index contributed by atoms with van der Waals surface area (Å²) in [5, 5.41) is 11.0. The van der Waals surface area contributed by atoms with Gasteiger partial charge in [-0.05, 0) is 55.0 Å². The minimum atomic E-state index is -0.775. The van der Waals surface area contributed by atoms with Gasteiger partial charge in [0.25, 0.3) is 5.69 Å². The monoisotopic (exact) mass is 536 g/mol. The highest BCUT2D eigenvalue weighted by atomic mass is 79.9. The normalized spacial score (nSPS) is 13.8. The summed E-state index contributed by atoms with van der Waals surface area (Å²) in [6.45, 7) is 2.05. The van der Waals surface area contributed by atoms with Crippen LogP contribution in [0, 0.1) is 10.1 Å². The zero-order valence-electron chi connectivity index (χ0n) is 18.3. The Morgan fingerprint density at radius 1 is 1.11 bits per heavy atom. The zero-order chi connectivity index (χ0) is 24.9. The number of hydrogen-bond acceptors (Lipinski definition) is 8. The average Bonchev–Trinajstić information content (AvgIpc) is 3.21. The van der Waals surface area contributed by atoms with Crippen molar-refractivity contribution in [3.8, 4) is 11.5 Å². The number of carbonyl (C=O) groups excluding carboxylic acids is 2. The van der Waals surface area contributed by atoms with E-state index in [1.54, 1.807) is 37.3 Å². The molecular formula is C25H17BrN2O7. The Balaban J connectivity index is 1.59. The molecule has 0 radical (unpaired) electrons. The van der Waals surface area contributed by atoms with Gasteiger partial charge >= 0.3 is 11.9 Å². The van der Waals surface area contributed by atoms with Crippen molar-refractivity contribution >= 4 is 45.5 Å². The zero-order valence-corrected chi connectivity index (χ0v) is 19.9. The Morgan fingerprint density at radius 3 is 2.66 bits per heavy atom. The number of ether oxygens (including phenoxy) is 3. The van der Waals surface area contributed by atoms with Crippen molar-refractivity contribution in [2.75, 3.05) is 6.61 Å². The van der Waals surface area contributed by atoms with E-state index in [1.165, 1.54) is 30.3 Å². The smallest absolute Gasteiger partial charge is 0.363 e. The maximum Gasteiger partial charge on any atom is 0.363 e. The van der Waals surface area contributed by atoms with Crippen LogP contribution in [0.15, 0.2) is 81.9 Å². The van der Waals surface area contributed by atoms with Crippen molar-refractivity contribution in [1.82, 2.24) is 0 Å². The number of nitro benzene ring substituents is 1. The van der Waals surface area contributed by atoms with Gasteiger partial charge in [-0.1, -0.05) is 34.1 Å². The van der Waals surface area contributed by atoms with Gasteiger partial charge in [0.2, 0.25) is 5.90 Å². The summed E-state index contributed by atoms with van der Waals surface area (Å²) in [4.78, 5) is 39.6. The largest absolute Gasteiger partial charge is 0.490 e. The predicted octanol–water partition coefficient (Wildman–Crippen LogP) is 5.32. The second-order valence-corrected chi connectivity index (χ2v) is 8.10. The molecule has 0 fully saturated rings. The fourth-order valence-corrected chi connectivity index (χ4v) is 3.58. The van der Waals surface area contributed by atoms with Crippen molar-refractivity contribution in [2.45, 2.75) is 6.92 Å². The number of benzene rings is 3. The van der Waals surface area contributed by atoms with Crippen LogP contribution in [0.1, 0.15) is 28.4 Å². The summed E-state index contributed by atoms with van der Waals surface area (Å²) in [6, 6.07) is 17.2. The molecule has 176 valence electrons. The quantitative estimate of drug-likeness (QED) is 0.132. The summed E-state index contributed by atoms with van der Waals surface area (Å²) in [5.41, 5.74) is 1.11. The maximum atomic E-state index is 12.6. The molecule has 35 heavy (non-hydrogen) atoms.